The molecule has 2 heterocycles. The van der Waals surface area contributed by atoms with Crippen LogP contribution in [0.4, 0.5) is 0 Å². The standard InChI is InChI=1S/C20H21NO5S/c1-12-8-11-27-19(12)16-15(18(23)20(24)21(16)9-10-25-2)17(22)13-6-4-5-7-14(13)26-3/h4-8,11,16,22H,9-10H2,1-3H3/b17-15+. The highest BCUT2D eigenvalue weighted by molar-refractivity contribution is 7.10. The lowest BCUT2D eigenvalue weighted by Gasteiger charge is -2.24. The Balaban J connectivity index is 2.20. The molecular formula is C20H21NO5S. The second-order valence-electron chi connectivity index (χ2n) is 6.15. The van der Waals surface area contributed by atoms with E-state index < -0.39 is 17.7 Å². The first-order valence-corrected chi connectivity index (χ1v) is 9.34. The Morgan fingerprint density at radius 1 is 1.22 bits per heavy atom. The molecular weight excluding hydrogens is 366 g/mol. The molecule has 1 unspecified atom stereocenters. The van der Waals surface area contributed by atoms with Crippen molar-refractivity contribution in [2.45, 2.75) is 13.0 Å². The van der Waals surface area contributed by atoms with E-state index in [0.29, 0.717) is 17.9 Å². The van der Waals surface area contributed by atoms with Crippen LogP contribution in [0.5, 0.6) is 5.75 Å². The van der Waals surface area contributed by atoms with Crippen LogP contribution >= 0.6 is 11.3 Å². The van der Waals surface area contributed by atoms with Crippen molar-refractivity contribution in [1.29, 1.82) is 0 Å². The van der Waals surface area contributed by atoms with Gasteiger partial charge in [-0.1, -0.05) is 12.1 Å². The van der Waals surface area contributed by atoms with Crippen molar-refractivity contribution >= 4 is 28.8 Å². The van der Waals surface area contributed by atoms with Crippen LogP contribution in [-0.4, -0.2) is 49.1 Å². The third-order valence-corrected chi connectivity index (χ3v) is 5.66. The van der Waals surface area contributed by atoms with Crippen LogP contribution in [0.25, 0.3) is 5.76 Å². The van der Waals surface area contributed by atoms with Gasteiger partial charge in [-0.2, -0.15) is 0 Å². The van der Waals surface area contributed by atoms with Crippen molar-refractivity contribution < 1.29 is 24.2 Å². The summed E-state index contributed by atoms with van der Waals surface area (Å²) < 4.78 is 10.4. The predicted octanol–water partition coefficient (Wildman–Crippen LogP) is 3.13. The summed E-state index contributed by atoms with van der Waals surface area (Å²) in [5, 5.41) is 12.9. The summed E-state index contributed by atoms with van der Waals surface area (Å²) in [6.07, 6.45) is 0. The maximum atomic E-state index is 12.8. The first kappa shape index (κ1) is 19.1. The lowest BCUT2D eigenvalue weighted by atomic mass is 9.98. The number of para-hydroxylation sites is 1. The topological polar surface area (TPSA) is 76.1 Å². The number of aliphatic hydroxyl groups is 1. The zero-order chi connectivity index (χ0) is 19.6. The highest BCUT2D eigenvalue weighted by Crippen LogP contribution is 2.43. The first-order valence-electron chi connectivity index (χ1n) is 8.46. The van der Waals surface area contributed by atoms with Gasteiger partial charge < -0.3 is 19.5 Å². The number of ether oxygens (including phenoxy) is 2. The van der Waals surface area contributed by atoms with E-state index in [1.165, 1.54) is 30.5 Å². The summed E-state index contributed by atoms with van der Waals surface area (Å²) in [6, 6.07) is 8.15. The molecule has 0 radical (unpaired) electrons. The zero-order valence-corrected chi connectivity index (χ0v) is 16.2. The molecule has 3 rings (SSSR count). The number of rotatable bonds is 6. The molecule has 0 aliphatic carbocycles. The Bertz CT molecular complexity index is 901. The van der Waals surface area contributed by atoms with Gasteiger partial charge >= 0.3 is 0 Å². The number of likely N-dealkylation sites (tertiary alicyclic amines) is 1. The van der Waals surface area contributed by atoms with Crippen LogP contribution in [0.15, 0.2) is 41.3 Å². The van der Waals surface area contributed by atoms with Gasteiger partial charge in [0.1, 0.15) is 11.5 Å². The van der Waals surface area contributed by atoms with Crippen molar-refractivity contribution in [3.05, 3.63) is 57.3 Å². The molecule has 1 fully saturated rings. The van der Waals surface area contributed by atoms with Gasteiger partial charge in [0.15, 0.2) is 0 Å². The van der Waals surface area contributed by atoms with Crippen LogP contribution < -0.4 is 4.74 Å². The number of Topliss-reactive ketones (excluding diaryl/α,β-unsaturated/α-hetero) is 1. The maximum Gasteiger partial charge on any atom is 0.295 e. The van der Waals surface area contributed by atoms with Gasteiger partial charge in [-0.15, -0.1) is 11.3 Å². The minimum Gasteiger partial charge on any atom is -0.507 e. The monoisotopic (exact) mass is 387 g/mol. The van der Waals surface area contributed by atoms with E-state index in [0.717, 1.165) is 10.4 Å². The van der Waals surface area contributed by atoms with E-state index >= 15 is 0 Å². The molecule has 142 valence electrons. The molecule has 1 aliphatic rings. The number of hydrogen-bond acceptors (Lipinski definition) is 6. The highest BCUT2D eigenvalue weighted by Gasteiger charge is 2.47. The van der Waals surface area contributed by atoms with Crippen molar-refractivity contribution in [1.82, 2.24) is 4.90 Å². The second kappa shape index (κ2) is 7.94. The van der Waals surface area contributed by atoms with E-state index in [1.54, 1.807) is 24.3 Å². The summed E-state index contributed by atoms with van der Waals surface area (Å²) >= 11 is 1.45. The minimum absolute atomic E-state index is 0.0751. The largest absolute Gasteiger partial charge is 0.507 e. The first-order chi connectivity index (χ1) is 13.0. The maximum absolute atomic E-state index is 12.8. The van der Waals surface area contributed by atoms with E-state index in [4.69, 9.17) is 9.47 Å². The number of nitrogens with zero attached hydrogens (tertiary/aromatic N) is 1. The number of benzene rings is 1. The fourth-order valence-corrected chi connectivity index (χ4v) is 4.27. The molecule has 1 aromatic heterocycles. The summed E-state index contributed by atoms with van der Waals surface area (Å²) in [4.78, 5) is 27.8. The number of aliphatic hydroxyl groups excluding tert-OH is 1. The van der Waals surface area contributed by atoms with E-state index in [1.807, 2.05) is 18.4 Å². The Morgan fingerprint density at radius 3 is 2.59 bits per heavy atom. The van der Waals surface area contributed by atoms with Crippen LogP contribution in [-0.2, 0) is 14.3 Å². The molecule has 27 heavy (non-hydrogen) atoms. The molecule has 1 atom stereocenters. The van der Waals surface area contributed by atoms with Gasteiger partial charge in [0.2, 0.25) is 0 Å². The normalized spacial score (nSPS) is 18.9. The molecule has 0 bridgehead atoms. The minimum atomic E-state index is -0.702. The fraction of sp³-hybridized carbons (Fsp3) is 0.300. The number of hydrogen-bond donors (Lipinski definition) is 1. The van der Waals surface area contributed by atoms with E-state index in [9.17, 15) is 14.7 Å². The van der Waals surface area contributed by atoms with Crippen LogP contribution in [0.1, 0.15) is 22.0 Å². The molecule has 1 amide bonds. The molecule has 0 saturated carbocycles. The van der Waals surface area contributed by atoms with Gasteiger partial charge in [0.05, 0.1) is 30.9 Å². The molecule has 1 aromatic carbocycles. The Labute approximate surface area is 161 Å². The molecule has 1 aliphatic heterocycles. The quantitative estimate of drug-likeness (QED) is 0.468. The zero-order valence-electron chi connectivity index (χ0n) is 15.4. The van der Waals surface area contributed by atoms with Crippen molar-refractivity contribution in [2.24, 2.45) is 0 Å². The van der Waals surface area contributed by atoms with Crippen LogP contribution in [0.3, 0.4) is 0 Å². The number of aryl methyl sites for hydroxylation is 1. The second-order valence-corrected chi connectivity index (χ2v) is 7.10. The summed E-state index contributed by atoms with van der Waals surface area (Å²) in [5.41, 5.74) is 1.41. The van der Waals surface area contributed by atoms with Gasteiger partial charge in [0.25, 0.3) is 11.7 Å². The average Bonchev–Trinajstić information content (AvgIpc) is 3.20. The number of thiophene rings is 1. The summed E-state index contributed by atoms with van der Waals surface area (Å²) in [5.74, 6) is -1.14. The number of ketones is 1. The molecule has 6 nitrogen and oxygen atoms in total. The predicted molar refractivity (Wildman–Crippen MR) is 103 cm³/mol. The smallest absolute Gasteiger partial charge is 0.295 e. The van der Waals surface area contributed by atoms with Gasteiger partial charge in [-0.25, -0.2) is 0 Å². The number of carbonyl (C=O) groups is 2. The molecule has 0 spiro atoms. The third kappa shape index (κ3) is 3.36. The lowest BCUT2D eigenvalue weighted by molar-refractivity contribution is -0.140. The number of amides is 1. The average molecular weight is 387 g/mol. The fourth-order valence-electron chi connectivity index (χ4n) is 3.22. The van der Waals surface area contributed by atoms with E-state index in [2.05, 4.69) is 0 Å². The molecule has 1 saturated heterocycles. The summed E-state index contributed by atoms with van der Waals surface area (Å²) in [7, 11) is 3.03. The SMILES string of the molecule is COCCN1C(=O)C(=O)/C(=C(/O)c2ccccc2OC)C1c1sccc1C. The van der Waals surface area contributed by atoms with Gasteiger partial charge in [-0.3, -0.25) is 9.59 Å². The highest BCUT2D eigenvalue weighted by atomic mass is 32.1. The molecule has 2 aromatic rings. The van der Waals surface area contributed by atoms with Crippen molar-refractivity contribution in [3.8, 4) is 5.75 Å². The lowest BCUT2D eigenvalue weighted by Crippen LogP contribution is -2.32. The van der Waals surface area contributed by atoms with Gasteiger partial charge in [0, 0.05) is 18.5 Å². The van der Waals surface area contributed by atoms with Crippen LogP contribution in [0.2, 0.25) is 0 Å². The van der Waals surface area contributed by atoms with E-state index in [-0.39, 0.29) is 17.9 Å². The third-order valence-electron chi connectivity index (χ3n) is 4.59. The van der Waals surface area contributed by atoms with Crippen LogP contribution in [0, 0.1) is 6.92 Å². The van der Waals surface area contributed by atoms with Crippen molar-refractivity contribution in [2.75, 3.05) is 27.4 Å². The van der Waals surface area contributed by atoms with Crippen molar-refractivity contribution in [3.63, 3.8) is 0 Å². The van der Waals surface area contributed by atoms with Gasteiger partial charge in [-0.05, 0) is 36.1 Å². The number of carbonyl (C=O) groups excluding carboxylic acids is 2. The Hall–Kier alpha value is -2.64. The Kier molecular flexibility index (Phi) is 5.62. The Morgan fingerprint density at radius 2 is 1.96 bits per heavy atom. The molecule has 1 N–H and O–H groups in total. The molecule has 7 heteroatoms. The number of methoxy groups -OCH3 is 2. The summed E-state index contributed by atoms with van der Waals surface area (Å²) in [6.45, 7) is 2.47.